The monoisotopic (exact) mass is 467 g/mol. The normalized spacial score (nSPS) is 18.7. The lowest BCUT2D eigenvalue weighted by atomic mass is 9.97. The van der Waals surface area contributed by atoms with E-state index in [2.05, 4.69) is 4.90 Å². The van der Waals surface area contributed by atoms with E-state index in [0.29, 0.717) is 42.9 Å². The molecule has 1 fully saturated rings. The zero-order valence-corrected chi connectivity index (χ0v) is 18.5. The number of likely N-dealkylation sites (tertiary alicyclic amines) is 1. The molecule has 0 saturated carbocycles. The maximum Gasteiger partial charge on any atom is 0.416 e. The van der Waals surface area contributed by atoms with E-state index < -0.39 is 11.7 Å². The van der Waals surface area contributed by atoms with E-state index in [9.17, 15) is 22.8 Å². The first-order valence-electron chi connectivity index (χ1n) is 11.4. The van der Waals surface area contributed by atoms with Crippen LogP contribution in [0.15, 0.2) is 54.6 Å². The van der Waals surface area contributed by atoms with E-state index >= 15 is 0 Å². The molecule has 1 unspecified atom stereocenters. The van der Waals surface area contributed by atoms with Crippen molar-refractivity contribution in [1.82, 2.24) is 4.90 Å². The molecule has 3 aromatic carbocycles. The minimum atomic E-state index is -4.33. The van der Waals surface area contributed by atoms with E-state index in [4.69, 9.17) is 4.74 Å². The van der Waals surface area contributed by atoms with Crippen molar-refractivity contribution in [2.45, 2.75) is 31.4 Å². The summed E-state index contributed by atoms with van der Waals surface area (Å²) in [5, 5.41) is 1.76. The van der Waals surface area contributed by atoms with Crippen LogP contribution in [-0.4, -0.2) is 42.7 Å². The Morgan fingerprint density at radius 3 is 2.59 bits per heavy atom. The van der Waals surface area contributed by atoms with Gasteiger partial charge in [0.2, 0.25) is 0 Å². The fraction of sp³-hybridized carbons (Fsp3) is 0.333. The number of rotatable bonds is 5. The van der Waals surface area contributed by atoms with Crippen LogP contribution in [0.4, 0.5) is 13.2 Å². The average Bonchev–Trinajstić information content (AvgIpc) is 3.30. The van der Waals surface area contributed by atoms with Crippen molar-refractivity contribution in [2.75, 3.05) is 26.2 Å². The van der Waals surface area contributed by atoms with Gasteiger partial charge in [-0.15, -0.1) is 0 Å². The zero-order chi connectivity index (χ0) is 23.9. The number of carbonyl (C=O) groups excluding carboxylic acids is 2. The summed E-state index contributed by atoms with van der Waals surface area (Å²) in [6.07, 6.45) is -2.75. The molecule has 34 heavy (non-hydrogen) atoms. The third-order valence-corrected chi connectivity index (χ3v) is 6.78. The molecule has 0 amide bonds. The van der Waals surface area contributed by atoms with Gasteiger partial charge in [-0.1, -0.05) is 24.3 Å². The van der Waals surface area contributed by atoms with Crippen molar-refractivity contribution in [1.29, 1.82) is 0 Å². The van der Waals surface area contributed by atoms with Gasteiger partial charge in [0.05, 0.1) is 17.7 Å². The molecule has 7 heteroatoms. The Kier molecular flexibility index (Phi) is 5.90. The summed E-state index contributed by atoms with van der Waals surface area (Å²) in [6.45, 7) is 2.53. The van der Waals surface area contributed by atoms with E-state index in [0.717, 1.165) is 48.0 Å². The molecular weight excluding hydrogens is 443 g/mol. The number of hydrogen-bond donors (Lipinski definition) is 0. The summed E-state index contributed by atoms with van der Waals surface area (Å²) in [7, 11) is 0. The van der Waals surface area contributed by atoms with Crippen molar-refractivity contribution in [3.63, 3.8) is 0 Å². The van der Waals surface area contributed by atoms with Gasteiger partial charge < -0.3 is 9.64 Å². The minimum Gasteiger partial charge on any atom is -0.492 e. The number of hydrogen-bond acceptors (Lipinski definition) is 4. The largest absolute Gasteiger partial charge is 0.492 e. The molecule has 0 spiro atoms. The minimum absolute atomic E-state index is 0.0279. The first-order valence-corrected chi connectivity index (χ1v) is 11.4. The lowest BCUT2D eigenvalue weighted by Crippen LogP contribution is -2.23. The number of Topliss-reactive ketones (excluding diaryl/α,β-unsaturated/α-hetero) is 2. The predicted octanol–water partition coefficient (Wildman–Crippen LogP) is 5.89. The molecule has 0 aromatic heterocycles. The fourth-order valence-corrected chi connectivity index (χ4v) is 4.83. The zero-order valence-electron chi connectivity index (χ0n) is 18.5. The van der Waals surface area contributed by atoms with Crippen molar-refractivity contribution >= 4 is 22.3 Å². The molecule has 0 radical (unpaired) electrons. The summed E-state index contributed by atoms with van der Waals surface area (Å²) in [6, 6.07) is 14.6. The molecule has 0 bridgehead atoms. The highest BCUT2D eigenvalue weighted by atomic mass is 19.4. The van der Waals surface area contributed by atoms with Gasteiger partial charge in [-0.2, -0.15) is 13.2 Å². The number of alkyl halides is 3. The molecule has 2 aliphatic heterocycles. The lowest BCUT2D eigenvalue weighted by molar-refractivity contribution is -0.137. The molecule has 4 nitrogen and oxygen atoms in total. The predicted molar refractivity (Wildman–Crippen MR) is 123 cm³/mol. The second-order valence-electron chi connectivity index (χ2n) is 9.01. The Balaban J connectivity index is 1.21. The van der Waals surface area contributed by atoms with Crippen molar-refractivity contribution < 1.29 is 27.5 Å². The van der Waals surface area contributed by atoms with Gasteiger partial charge in [0, 0.05) is 31.5 Å². The summed E-state index contributed by atoms with van der Waals surface area (Å²) in [5.74, 6) is 0.847. The number of benzene rings is 3. The molecule has 1 saturated heterocycles. The smallest absolute Gasteiger partial charge is 0.416 e. The van der Waals surface area contributed by atoms with Crippen LogP contribution in [0.2, 0.25) is 0 Å². The summed E-state index contributed by atoms with van der Waals surface area (Å²) < 4.78 is 44.0. The average molecular weight is 467 g/mol. The van der Waals surface area contributed by atoms with Gasteiger partial charge in [0.15, 0.2) is 11.6 Å². The van der Waals surface area contributed by atoms with E-state index in [1.165, 1.54) is 0 Å². The highest BCUT2D eigenvalue weighted by molar-refractivity contribution is 6.05. The third-order valence-electron chi connectivity index (χ3n) is 6.78. The van der Waals surface area contributed by atoms with E-state index in [1.807, 2.05) is 18.2 Å². The molecule has 2 heterocycles. The fourth-order valence-electron chi connectivity index (χ4n) is 4.83. The Labute approximate surface area is 195 Å². The van der Waals surface area contributed by atoms with Gasteiger partial charge >= 0.3 is 6.18 Å². The van der Waals surface area contributed by atoms with Crippen molar-refractivity contribution in [3.8, 4) is 5.75 Å². The molecule has 5 rings (SSSR count). The van der Waals surface area contributed by atoms with Crippen molar-refractivity contribution in [3.05, 3.63) is 76.9 Å². The molecule has 2 aliphatic rings. The number of ether oxygens (including phenoxy) is 1. The third kappa shape index (κ3) is 4.57. The van der Waals surface area contributed by atoms with Gasteiger partial charge in [-0.25, -0.2) is 0 Å². The number of ketones is 2. The quantitative estimate of drug-likeness (QED) is 0.439. The van der Waals surface area contributed by atoms with Crippen LogP contribution >= 0.6 is 0 Å². The molecule has 1 atom stereocenters. The van der Waals surface area contributed by atoms with Crippen LogP contribution < -0.4 is 4.74 Å². The molecule has 0 N–H and O–H groups in total. The van der Waals surface area contributed by atoms with Crippen molar-refractivity contribution in [2.24, 2.45) is 0 Å². The second-order valence-corrected chi connectivity index (χ2v) is 9.01. The van der Waals surface area contributed by atoms with Gasteiger partial charge in [0.25, 0.3) is 0 Å². The Morgan fingerprint density at radius 2 is 1.82 bits per heavy atom. The molecule has 0 aliphatic carbocycles. The summed E-state index contributed by atoms with van der Waals surface area (Å²) in [4.78, 5) is 27.2. The highest BCUT2D eigenvalue weighted by Gasteiger charge is 2.31. The molecule has 3 aromatic rings. The Morgan fingerprint density at radius 1 is 1.03 bits per heavy atom. The topological polar surface area (TPSA) is 46.6 Å². The Bertz CT molecular complexity index is 1250. The van der Waals surface area contributed by atoms with Crippen LogP contribution in [0.3, 0.4) is 0 Å². The van der Waals surface area contributed by atoms with Gasteiger partial charge in [-0.3, -0.25) is 9.59 Å². The first-order chi connectivity index (χ1) is 16.3. The van der Waals surface area contributed by atoms with Crippen LogP contribution in [0.1, 0.15) is 57.0 Å². The highest BCUT2D eigenvalue weighted by Crippen LogP contribution is 2.33. The maximum absolute atomic E-state index is 12.9. The Hall–Kier alpha value is -3.19. The summed E-state index contributed by atoms with van der Waals surface area (Å²) >= 11 is 0. The number of halogens is 3. The van der Waals surface area contributed by atoms with E-state index in [-0.39, 0.29) is 17.5 Å². The van der Waals surface area contributed by atoms with Crippen LogP contribution in [0.5, 0.6) is 5.75 Å². The summed E-state index contributed by atoms with van der Waals surface area (Å²) in [5.41, 5.74) is 1.44. The van der Waals surface area contributed by atoms with Crippen LogP contribution in [0, 0.1) is 0 Å². The SMILES string of the molecule is O=C(CCN1CCC(c2ccc(C(F)(F)F)cc2)C1)c1ccc2cc3c(cc2c1)C(=O)CCO3. The molecular formula is C27H24F3NO3. The van der Waals surface area contributed by atoms with E-state index in [1.54, 1.807) is 24.3 Å². The lowest BCUT2D eigenvalue weighted by Gasteiger charge is -2.17. The standard InChI is InChI=1S/C27H24F3NO3/c28-27(29,30)22-5-3-17(4-6-22)20-7-10-31(16-20)11-8-24(32)19-2-1-18-15-26-23(14-21(18)13-19)25(33)9-12-34-26/h1-6,13-15,20H,7-12,16H2. The van der Waals surface area contributed by atoms with Crippen LogP contribution in [-0.2, 0) is 6.18 Å². The molecule has 176 valence electrons. The number of nitrogens with zero attached hydrogens (tertiary/aromatic N) is 1. The van der Waals surface area contributed by atoms with Gasteiger partial charge in [0.1, 0.15) is 5.75 Å². The number of fused-ring (bicyclic) bond motifs is 2. The van der Waals surface area contributed by atoms with Crippen LogP contribution in [0.25, 0.3) is 10.8 Å². The number of carbonyl (C=O) groups is 2. The second kappa shape index (κ2) is 8.87. The first kappa shape index (κ1) is 22.6. The van der Waals surface area contributed by atoms with Gasteiger partial charge in [-0.05, 0) is 65.6 Å². The maximum atomic E-state index is 12.9.